The van der Waals surface area contributed by atoms with Gasteiger partial charge >= 0.3 is 0 Å². The van der Waals surface area contributed by atoms with Crippen LogP contribution in [0.5, 0.6) is 5.75 Å². The highest BCUT2D eigenvalue weighted by molar-refractivity contribution is 7.98. The molecule has 0 aliphatic rings. The zero-order chi connectivity index (χ0) is 21.8. The number of nitrogens with one attached hydrogen (secondary N) is 1. The Morgan fingerprint density at radius 1 is 1.10 bits per heavy atom. The van der Waals surface area contributed by atoms with Gasteiger partial charge in [-0.25, -0.2) is 9.98 Å². The molecule has 2 aromatic heterocycles. The number of thioether (sulfide) groups is 1. The zero-order valence-corrected chi connectivity index (χ0v) is 18.2. The highest BCUT2D eigenvalue weighted by Crippen LogP contribution is 2.25. The number of para-hydroxylation sites is 1. The summed E-state index contributed by atoms with van der Waals surface area (Å²) in [6.07, 6.45) is 2.01. The molecule has 0 saturated carbocycles. The minimum atomic E-state index is -0.356. The third-order valence-corrected chi connectivity index (χ3v) is 5.38. The third kappa shape index (κ3) is 4.62. The Bertz CT molecular complexity index is 1310. The molecule has 6 nitrogen and oxygen atoms in total. The van der Waals surface area contributed by atoms with Crippen molar-refractivity contribution in [2.24, 2.45) is 4.99 Å². The summed E-state index contributed by atoms with van der Waals surface area (Å²) in [7, 11) is 1.58. The van der Waals surface area contributed by atoms with Crippen LogP contribution < -0.4 is 15.6 Å². The number of fused-ring (bicyclic) bond motifs is 1. The predicted octanol–water partition coefficient (Wildman–Crippen LogP) is 5.35. The van der Waals surface area contributed by atoms with Crippen molar-refractivity contribution in [2.75, 3.05) is 18.7 Å². The number of carbonyl (C=O) groups is 1. The number of pyridine rings is 1. The van der Waals surface area contributed by atoms with Crippen LogP contribution >= 0.6 is 11.8 Å². The molecule has 0 bridgehead atoms. The van der Waals surface area contributed by atoms with E-state index in [2.05, 4.69) is 15.3 Å². The molecular formula is C24H21N3O3S. The molecule has 0 aliphatic carbocycles. The monoisotopic (exact) mass is 431 g/mol. The second kappa shape index (κ2) is 9.06. The lowest BCUT2D eigenvalue weighted by Crippen LogP contribution is -2.22. The van der Waals surface area contributed by atoms with Crippen LogP contribution in [0.4, 0.5) is 11.5 Å². The van der Waals surface area contributed by atoms with Crippen molar-refractivity contribution in [1.82, 2.24) is 4.98 Å². The normalized spacial score (nSPS) is 11.5. The van der Waals surface area contributed by atoms with Gasteiger partial charge in [-0.3, -0.25) is 4.79 Å². The summed E-state index contributed by atoms with van der Waals surface area (Å²) in [4.78, 5) is 23.2. The maximum atomic E-state index is 13.1. The lowest BCUT2D eigenvalue weighted by molar-refractivity contribution is 0.102. The molecule has 7 heteroatoms. The number of hydrogen-bond donors (Lipinski definition) is 1. The van der Waals surface area contributed by atoms with E-state index in [4.69, 9.17) is 9.15 Å². The molecule has 4 aromatic rings. The number of aryl methyl sites for hydroxylation is 1. The fourth-order valence-electron chi connectivity index (χ4n) is 3.10. The summed E-state index contributed by atoms with van der Waals surface area (Å²) in [6, 6.07) is 20.4. The van der Waals surface area contributed by atoms with E-state index in [-0.39, 0.29) is 11.5 Å². The Hall–Kier alpha value is -3.58. The largest absolute Gasteiger partial charge is 0.493 e. The van der Waals surface area contributed by atoms with E-state index < -0.39 is 0 Å². The molecule has 0 atom stereocenters. The van der Waals surface area contributed by atoms with Crippen molar-refractivity contribution < 1.29 is 13.9 Å². The average molecular weight is 432 g/mol. The Morgan fingerprint density at radius 2 is 1.87 bits per heavy atom. The van der Waals surface area contributed by atoms with Gasteiger partial charge in [0.1, 0.15) is 11.4 Å². The maximum Gasteiger partial charge on any atom is 0.262 e. The van der Waals surface area contributed by atoms with Crippen molar-refractivity contribution in [2.45, 2.75) is 11.8 Å². The van der Waals surface area contributed by atoms with E-state index in [1.165, 1.54) is 0 Å². The first-order chi connectivity index (χ1) is 15.1. The van der Waals surface area contributed by atoms with Crippen LogP contribution in [0, 0.1) is 6.92 Å². The molecule has 0 aliphatic heterocycles. The first-order valence-electron chi connectivity index (χ1n) is 9.62. The number of carbonyl (C=O) groups excluding carboxylic acids is 1. The standard InChI is InChI=1S/C24H21N3O3S/c1-15-6-4-9-21(25-15)27-23(28)19-14-16-7-5-8-20(29-2)22(16)30-24(19)26-17-10-12-18(31-3)13-11-17/h4-14H,1-3H3,(H,25,27,28). The third-order valence-electron chi connectivity index (χ3n) is 4.64. The van der Waals surface area contributed by atoms with E-state index >= 15 is 0 Å². The molecule has 0 radical (unpaired) electrons. The van der Waals surface area contributed by atoms with Gasteiger partial charge in [0.15, 0.2) is 11.3 Å². The summed E-state index contributed by atoms with van der Waals surface area (Å²) < 4.78 is 11.5. The number of ether oxygens (including phenoxy) is 1. The van der Waals surface area contributed by atoms with Crippen LogP contribution in [0.2, 0.25) is 0 Å². The first kappa shape index (κ1) is 20.7. The number of aromatic nitrogens is 1. The van der Waals surface area contributed by atoms with Gasteiger partial charge in [-0.05, 0) is 61.7 Å². The van der Waals surface area contributed by atoms with Crippen LogP contribution in [-0.4, -0.2) is 24.3 Å². The summed E-state index contributed by atoms with van der Waals surface area (Å²) in [5.74, 6) is 0.677. The van der Waals surface area contributed by atoms with Crippen molar-refractivity contribution in [3.05, 3.63) is 83.5 Å². The number of hydrogen-bond acceptors (Lipinski definition) is 6. The van der Waals surface area contributed by atoms with E-state index in [0.29, 0.717) is 28.4 Å². The molecule has 0 spiro atoms. The van der Waals surface area contributed by atoms with E-state index in [9.17, 15) is 4.79 Å². The first-order valence-corrected chi connectivity index (χ1v) is 10.8. The minimum Gasteiger partial charge on any atom is -0.493 e. The molecule has 1 amide bonds. The van der Waals surface area contributed by atoms with Gasteiger partial charge in [0, 0.05) is 16.0 Å². The minimum absolute atomic E-state index is 0.194. The van der Waals surface area contributed by atoms with Crippen molar-refractivity contribution in [3.8, 4) is 5.75 Å². The van der Waals surface area contributed by atoms with Crippen LogP contribution in [0.25, 0.3) is 11.0 Å². The number of amides is 1. The Kier molecular flexibility index (Phi) is 6.04. The van der Waals surface area contributed by atoms with E-state index in [1.807, 2.05) is 61.7 Å². The average Bonchev–Trinajstić information content (AvgIpc) is 2.78. The van der Waals surface area contributed by atoms with Gasteiger partial charge in [0.2, 0.25) is 5.55 Å². The molecule has 2 heterocycles. The maximum absolute atomic E-state index is 13.1. The van der Waals surface area contributed by atoms with E-state index in [0.717, 1.165) is 16.0 Å². The van der Waals surface area contributed by atoms with Crippen LogP contribution in [-0.2, 0) is 0 Å². The molecule has 31 heavy (non-hydrogen) atoms. The van der Waals surface area contributed by atoms with Crippen LogP contribution in [0.3, 0.4) is 0 Å². The molecule has 2 aromatic carbocycles. The lowest BCUT2D eigenvalue weighted by Gasteiger charge is -2.09. The SMILES string of the molecule is COc1cccc2cc(C(=O)Nc3cccc(C)n3)c(=Nc3ccc(SC)cc3)oc12. The molecule has 0 unspecified atom stereocenters. The van der Waals surface area contributed by atoms with Gasteiger partial charge in [0.25, 0.3) is 5.91 Å². The van der Waals surface area contributed by atoms with Crippen LogP contribution in [0.15, 0.2) is 81.0 Å². The van der Waals surface area contributed by atoms with Gasteiger partial charge in [-0.1, -0.05) is 18.2 Å². The van der Waals surface area contributed by atoms with Crippen molar-refractivity contribution in [1.29, 1.82) is 0 Å². The van der Waals surface area contributed by atoms with Crippen molar-refractivity contribution >= 4 is 40.1 Å². The summed E-state index contributed by atoms with van der Waals surface area (Å²) in [5.41, 5.74) is 2.51. The Labute approximate surface area is 184 Å². The Morgan fingerprint density at radius 3 is 2.58 bits per heavy atom. The molecule has 1 N–H and O–H groups in total. The highest BCUT2D eigenvalue weighted by atomic mass is 32.2. The molecule has 4 rings (SSSR count). The number of methoxy groups -OCH3 is 1. The van der Waals surface area contributed by atoms with E-state index in [1.54, 1.807) is 37.1 Å². The zero-order valence-electron chi connectivity index (χ0n) is 17.4. The van der Waals surface area contributed by atoms with Crippen molar-refractivity contribution in [3.63, 3.8) is 0 Å². The van der Waals surface area contributed by atoms with Gasteiger partial charge in [-0.15, -0.1) is 11.8 Å². The summed E-state index contributed by atoms with van der Waals surface area (Å²) in [6.45, 7) is 1.87. The second-order valence-electron chi connectivity index (χ2n) is 6.77. The lowest BCUT2D eigenvalue weighted by atomic mass is 10.1. The molecule has 0 fully saturated rings. The Balaban J connectivity index is 1.86. The molecule has 0 saturated heterocycles. The van der Waals surface area contributed by atoms with Crippen LogP contribution in [0.1, 0.15) is 16.1 Å². The summed E-state index contributed by atoms with van der Waals surface area (Å²) in [5, 5.41) is 3.57. The number of rotatable bonds is 5. The number of nitrogens with zero attached hydrogens (tertiary/aromatic N) is 2. The van der Waals surface area contributed by atoms with Gasteiger partial charge < -0.3 is 14.5 Å². The second-order valence-corrected chi connectivity index (χ2v) is 7.65. The highest BCUT2D eigenvalue weighted by Gasteiger charge is 2.15. The van der Waals surface area contributed by atoms with Gasteiger partial charge in [0.05, 0.1) is 12.8 Å². The fraction of sp³-hybridized carbons (Fsp3) is 0.125. The molecular weight excluding hydrogens is 410 g/mol. The predicted molar refractivity (Wildman–Crippen MR) is 123 cm³/mol. The van der Waals surface area contributed by atoms with Gasteiger partial charge in [-0.2, -0.15) is 0 Å². The topological polar surface area (TPSA) is 76.7 Å². The quantitative estimate of drug-likeness (QED) is 0.431. The number of benzene rings is 2. The summed E-state index contributed by atoms with van der Waals surface area (Å²) >= 11 is 1.65. The number of anilines is 1. The smallest absolute Gasteiger partial charge is 0.262 e. The molecule has 156 valence electrons. The fourth-order valence-corrected chi connectivity index (χ4v) is 3.51.